The number of carbonyl (C=O) groups excluding carboxylic acids is 2. The SMILES string of the molecule is CC(C)(C)OC(=O)N1CC2CN(C(=O)OCc3ccccc3)CC2C1(C)C. The molecule has 0 spiro atoms. The van der Waals surface area contributed by atoms with E-state index in [0.29, 0.717) is 19.6 Å². The van der Waals surface area contributed by atoms with E-state index in [9.17, 15) is 9.59 Å². The minimum absolute atomic E-state index is 0.217. The van der Waals surface area contributed by atoms with Crippen molar-refractivity contribution in [3.63, 3.8) is 0 Å². The van der Waals surface area contributed by atoms with Crippen molar-refractivity contribution in [3.8, 4) is 0 Å². The summed E-state index contributed by atoms with van der Waals surface area (Å²) in [5.41, 5.74) is 0.0984. The van der Waals surface area contributed by atoms with Crippen molar-refractivity contribution < 1.29 is 19.1 Å². The molecule has 3 rings (SSSR count). The van der Waals surface area contributed by atoms with Crippen molar-refractivity contribution in [3.05, 3.63) is 35.9 Å². The molecule has 1 aromatic rings. The van der Waals surface area contributed by atoms with E-state index in [0.717, 1.165) is 5.56 Å². The summed E-state index contributed by atoms with van der Waals surface area (Å²) in [5.74, 6) is 0.464. The zero-order chi connectivity index (χ0) is 19.8. The molecule has 2 unspecified atom stereocenters. The number of nitrogens with zero attached hydrogens (tertiary/aromatic N) is 2. The quantitative estimate of drug-likeness (QED) is 0.788. The summed E-state index contributed by atoms with van der Waals surface area (Å²) in [7, 11) is 0. The first-order valence-corrected chi connectivity index (χ1v) is 9.54. The van der Waals surface area contributed by atoms with E-state index in [1.165, 1.54) is 0 Å². The molecule has 1 aromatic carbocycles. The van der Waals surface area contributed by atoms with Crippen molar-refractivity contribution in [2.45, 2.75) is 52.4 Å². The number of rotatable bonds is 2. The number of ether oxygens (including phenoxy) is 2. The zero-order valence-electron chi connectivity index (χ0n) is 16.9. The van der Waals surface area contributed by atoms with E-state index in [-0.39, 0.29) is 36.2 Å². The molecular formula is C21H30N2O4. The highest BCUT2D eigenvalue weighted by atomic mass is 16.6. The van der Waals surface area contributed by atoms with Gasteiger partial charge in [-0.15, -0.1) is 0 Å². The molecule has 0 aliphatic carbocycles. The lowest BCUT2D eigenvalue weighted by Gasteiger charge is -2.37. The third-order valence-electron chi connectivity index (χ3n) is 5.54. The van der Waals surface area contributed by atoms with Crippen molar-refractivity contribution in [1.29, 1.82) is 0 Å². The molecule has 27 heavy (non-hydrogen) atoms. The molecule has 2 aliphatic heterocycles. The molecule has 0 N–H and O–H groups in total. The monoisotopic (exact) mass is 374 g/mol. The Morgan fingerprint density at radius 1 is 1.07 bits per heavy atom. The lowest BCUT2D eigenvalue weighted by atomic mass is 9.85. The van der Waals surface area contributed by atoms with Crippen LogP contribution in [0, 0.1) is 11.8 Å². The van der Waals surface area contributed by atoms with Crippen LogP contribution in [0.5, 0.6) is 0 Å². The van der Waals surface area contributed by atoms with E-state index in [2.05, 4.69) is 13.8 Å². The first-order chi connectivity index (χ1) is 12.6. The van der Waals surface area contributed by atoms with Crippen LogP contribution in [0.15, 0.2) is 30.3 Å². The number of amides is 2. The van der Waals surface area contributed by atoms with Crippen molar-refractivity contribution in [1.82, 2.24) is 9.80 Å². The van der Waals surface area contributed by atoms with Gasteiger partial charge in [-0.2, -0.15) is 0 Å². The Bertz CT molecular complexity index is 696. The molecule has 2 amide bonds. The standard InChI is InChI=1S/C21H30N2O4/c1-20(2,3)27-19(25)23-12-16-11-22(13-17(16)21(23,4)5)18(24)26-14-15-9-7-6-8-10-15/h6-10,16-17H,11-14H2,1-5H3. The normalized spacial score (nSPS) is 23.9. The van der Waals surface area contributed by atoms with Gasteiger partial charge in [0.2, 0.25) is 0 Å². The molecule has 0 radical (unpaired) electrons. The molecule has 2 saturated heterocycles. The molecule has 2 fully saturated rings. The molecule has 6 heteroatoms. The summed E-state index contributed by atoms with van der Waals surface area (Å²) in [6.07, 6.45) is -0.562. The number of likely N-dealkylation sites (tertiary alicyclic amines) is 2. The van der Waals surface area contributed by atoms with Gasteiger partial charge in [0.05, 0.1) is 0 Å². The number of carbonyl (C=O) groups is 2. The molecule has 0 bridgehead atoms. The molecule has 6 nitrogen and oxygen atoms in total. The van der Waals surface area contributed by atoms with Crippen LogP contribution in [-0.2, 0) is 16.1 Å². The number of fused-ring (bicyclic) bond motifs is 1. The predicted molar refractivity (Wildman–Crippen MR) is 102 cm³/mol. The lowest BCUT2D eigenvalue weighted by molar-refractivity contribution is 0.00721. The van der Waals surface area contributed by atoms with Crippen LogP contribution in [0.25, 0.3) is 0 Å². The average molecular weight is 374 g/mol. The molecule has 148 valence electrons. The largest absolute Gasteiger partial charge is 0.445 e. The van der Waals surface area contributed by atoms with Crippen LogP contribution in [-0.4, -0.2) is 52.8 Å². The summed E-state index contributed by atoms with van der Waals surface area (Å²) >= 11 is 0. The van der Waals surface area contributed by atoms with Crippen LogP contribution in [0.2, 0.25) is 0 Å². The smallest absolute Gasteiger partial charge is 0.410 e. The second kappa shape index (κ2) is 7.06. The maximum absolute atomic E-state index is 12.6. The fourth-order valence-corrected chi connectivity index (χ4v) is 4.11. The summed E-state index contributed by atoms with van der Waals surface area (Å²) in [5, 5.41) is 0. The Labute approximate surface area is 161 Å². The van der Waals surface area contributed by atoms with Crippen LogP contribution in [0.1, 0.15) is 40.2 Å². The maximum Gasteiger partial charge on any atom is 0.410 e. The Balaban J connectivity index is 1.58. The first kappa shape index (κ1) is 19.5. The highest BCUT2D eigenvalue weighted by molar-refractivity contribution is 5.71. The van der Waals surface area contributed by atoms with Crippen LogP contribution < -0.4 is 0 Å². The maximum atomic E-state index is 12.6. The number of benzene rings is 1. The van der Waals surface area contributed by atoms with Gasteiger partial charge in [0.15, 0.2) is 0 Å². The van der Waals surface area contributed by atoms with E-state index in [1.807, 2.05) is 56.0 Å². The van der Waals surface area contributed by atoms with Gasteiger partial charge in [-0.1, -0.05) is 30.3 Å². The lowest BCUT2D eigenvalue weighted by Crippen LogP contribution is -2.50. The molecule has 0 saturated carbocycles. The predicted octanol–water partition coefficient (Wildman–Crippen LogP) is 3.90. The molecule has 2 heterocycles. The fraction of sp³-hybridized carbons (Fsp3) is 0.619. The van der Waals surface area contributed by atoms with Gasteiger partial charge in [0.1, 0.15) is 12.2 Å². The van der Waals surface area contributed by atoms with Crippen LogP contribution in [0.3, 0.4) is 0 Å². The topological polar surface area (TPSA) is 59.1 Å². The third kappa shape index (κ3) is 4.20. The average Bonchev–Trinajstić information content (AvgIpc) is 3.10. The summed E-state index contributed by atoms with van der Waals surface area (Å²) in [4.78, 5) is 28.6. The highest BCUT2D eigenvalue weighted by Gasteiger charge is 2.55. The van der Waals surface area contributed by atoms with Gasteiger partial charge < -0.3 is 19.3 Å². The van der Waals surface area contributed by atoms with Crippen molar-refractivity contribution in [2.75, 3.05) is 19.6 Å². The van der Waals surface area contributed by atoms with Crippen LogP contribution in [0.4, 0.5) is 9.59 Å². The van der Waals surface area contributed by atoms with E-state index < -0.39 is 5.60 Å². The summed E-state index contributed by atoms with van der Waals surface area (Å²) in [6.45, 7) is 11.8. The van der Waals surface area contributed by atoms with Gasteiger partial charge >= 0.3 is 12.2 Å². The molecule has 2 aliphatic rings. The van der Waals surface area contributed by atoms with Crippen LogP contribution >= 0.6 is 0 Å². The Morgan fingerprint density at radius 3 is 2.33 bits per heavy atom. The second-order valence-corrected chi connectivity index (χ2v) is 9.06. The van der Waals surface area contributed by atoms with E-state index in [4.69, 9.17) is 9.47 Å². The molecule has 0 aromatic heterocycles. The highest BCUT2D eigenvalue weighted by Crippen LogP contribution is 2.44. The molecular weight excluding hydrogens is 344 g/mol. The minimum Gasteiger partial charge on any atom is -0.445 e. The third-order valence-corrected chi connectivity index (χ3v) is 5.54. The Kier molecular flexibility index (Phi) is 5.10. The summed E-state index contributed by atoms with van der Waals surface area (Å²) in [6, 6.07) is 9.67. The summed E-state index contributed by atoms with van der Waals surface area (Å²) < 4.78 is 11.0. The fourth-order valence-electron chi connectivity index (χ4n) is 4.11. The Morgan fingerprint density at radius 2 is 1.74 bits per heavy atom. The van der Waals surface area contributed by atoms with E-state index >= 15 is 0 Å². The van der Waals surface area contributed by atoms with E-state index in [1.54, 1.807) is 4.90 Å². The van der Waals surface area contributed by atoms with Gasteiger partial charge in [-0.3, -0.25) is 0 Å². The van der Waals surface area contributed by atoms with Gasteiger partial charge in [-0.25, -0.2) is 9.59 Å². The van der Waals surface area contributed by atoms with Crippen molar-refractivity contribution in [2.24, 2.45) is 11.8 Å². The first-order valence-electron chi connectivity index (χ1n) is 9.54. The Hall–Kier alpha value is -2.24. The zero-order valence-corrected chi connectivity index (χ0v) is 16.9. The van der Waals surface area contributed by atoms with Crippen molar-refractivity contribution >= 4 is 12.2 Å². The molecule has 2 atom stereocenters. The van der Waals surface area contributed by atoms with Gasteiger partial charge in [0, 0.05) is 37.0 Å². The number of hydrogen-bond donors (Lipinski definition) is 0. The second-order valence-electron chi connectivity index (χ2n) is 9.06. The van der Waals surface area contributed by atoms with Gasteiger partial charge in [0.25, 0.3) is 0 Å². The number of hydrogen-bond acceptors (Lipinski definition) is 4. The van der Waals surface area contributed by atoms with Gasteiger partial charge in [-0.05, 0) is 40.2 Å². The minimum atomic E-state index is -0.516.